The molecule has 0 aliphatic heterocycles. The maximum absolute atomic E-state index is 11.1. The number of amides is 1. The fraction of sp³-hybridized carbons (Fsp3) is 0.158. The number of carbonyl (C=O) groups excluding carboxylic acids is 1. The minimum Gasteiger partial charge on any atom is -0.339 e. The van der Waals surface area contributed by atoms with Crippen LogP contribution in [-0.4, -0.2) is 21.1 Å². The molecule has 26 heavy (non-hydrogen) atoms. The summed E-state index contributed by atoms with van der Waals surface area (Å²) in [7, 11) is 0. The number of anilines is 5. The van der Waals surface area contributed by atoms with Gasteiger partial charge in [-0.25, -0.2) is 0 Å². The highest BCUT2D eigenvalue weighted by Crippen LogP contribution is 2.20. The van der Waals surface area contributed by atoms with E-state index in [-0.39, 0.29) is 5.91 Å². The zero-order valence-electron chi connectivity index (χ0n) is 14.9. The maximum atomic E-state index is 11.1. The molecule has 0 aliphatic rings. The molecule has 0 bridgehead atoms. The summed E-state index contributed by atoms with van der Waals surface area (Å²) in [6.07, 6.45) is 1.57. The summed E-state index contributed by atoms with van der Waals surface area (Å²) in [6, 6.07) is 13.4. The van der Waals surface area contributed by atoms with Crippen LogP contribution in [0.15, 0.2) is 48.7 Å². The second kappa shape index (κ2) is 7.60. The van der Waals surface area contributed by atoms with Gasteiger partial charge in [-0.2, -0.15) is 10.1 Å². The molecular formula is C19H20N6O. The first-order valence-corrected chi connectivity index (χ1v) is 8.18. The number of aryl methyl sites for hydroxylation is 2. The van der Waals surface area contributed by atoms with Crippen molar-refractivity contribution in [2.45, 2.75) is 20.8 Å². The van der Waals surface area contributed by atoms with E-state index < -0.39 is 0 Å². The van der Waals surface area contributed by atoms with Crippen LogP contribution in [0.25, 0.3) is 0 Å². The Hall–Kier alpha value is -3.48. The lowest BCUT2D eigenvalue weighted by atomic mass is 10.1. The van der Waals surface area contributed by atoms with Crippen molar-refractivity contribution in [3.8, 4) is 0 Å². The first-order chi connectivity index (χ1) is 12.5. The van der Waals surface area contributed by atoms with Gasteiger partial charge in [-0.05, 0) is 61.4 Å². The van der Waals surface area contributed by atoms with Crippen molar-refractivity contribution in [1.29, 1.82) is 0 Å². The first kappa shape index (κ1) is 17.3. The molecule has 1 amide bonds. The van der Waals surface area contributed by atoms with Gasteiger partial charge in [-0.15, -0.1) is 5.10 Å². The summed E-state index contributed by atoms with van der Waals surface area (Å²) in [5.41, 5.74) is 4.91. The lowest BCUT2D eigenvalue weighted by Gasteiger charge is -2.09. The van der Waals surface area contributed by atoms with Crippen LogP contribution in [0.1, 0.15) is 18.1 Å². The zero-order chi connectivity index (χ0) is 18.5. The summed E-state index contributed by atoms with van der Waals surface area (Å²) >= 11 is 0. The fourth-order valence-electron chi connectivity index (χ4n) is 2.35. The van der Waals surface area contributed by atoms with Gasteiger partial charge in [0.15, 0.2) is 5.82 Å². The standard InChI is InChI=1S/C19H20N6O/c1-12-4-5-17(10-13(12)2)22-18-11-20-25-19(24-18)23-16-8-6-15(7-9-16)21-14(3)26/h4-11H,1-3H3,(H,21,26)(H2,22,23,24,25). The van der Waals surface area contributed by atoms with Crippen molar-refractivity contribution < 1.29 is 4.79 Å². The summed E-state index contributed by atoms with van der Waals surface area (Å²) in [5.74, 6) is 0.870. The number of aromatic nitrogens is 3. The van der Waals surface area contributed by atoms with Crippen LogP contribution in [0.4, 0.5) is 28.8 Å². The number of carbonyl (C=O) groups is 1. The van der Waals surface area contributed by atoms with E-state index in [1.54, 1.807) is 18.3 Å². The molecular weight excluding hydrogens is 328 g/mol. The van der Waals surface area contributed by atoms with Crippen molar-refractivity contribution >= 4 is 34.7 Å². The molecule has 0 unspecified atom stereocenters. The van der Waals surface area contributed by atoms with Crippen LogP contribution in [-0.2, 0) is 4.79 Å². The first-order valence-electron chi connectivity index (χ1n) is 8.18. The normalized spacial score (nSPS) is 10.3. The molecule has 7 nitrogen and oxygen atoms in total. The third-order valence-electron chi connectivity index (χ3n) is 3.80. The topological polar surface area (TPSA) is 91.8 Å². The number of rotatable bonds is 5. The Morgan fingerprint density at radius 1 is 0.885 bits per heavy atom. The van der Waals surface area contributed by atoms with Gasteiger partial charge < -0.3 is 16.0 Å². The van der Waals surface area contributed by atoms with E-state index in [1.165, 1.54) is 18.1 Å². The zero-order valence-corrected chi connectivity index (χ0v) is 14.9. The van der Waals surface area contributed by atoms with Crippen LogP contribution >= 0.6 is 0 Å². The second-order valence-corrected chi connectivity index (χ2v) is 5.97. The number of nitrogens with one attached hydrogen (secondary N) is 3. The molecule has 7 heteroatoms. The molecule has 3 rings (SSSR count). The number of nitrogens with zero attached hydrogens (tertiary/aromatic N) is 3. The molecule has 132 valence electrons. The van der Waals surface area contributed by atoms with Crippen molar-refractivity contribution in [2.75, 3.05) is 16.0 Å². The van der Waals surface area contributed by atoms with Gasteiger partial charge in [0, 0.05) is 24.0 Å². The molecule has 2 aromatic carbocycles. The molecule has 0 saturated carbocycles. The maximum Gasteiger partial charge on any atom is 0.249 e. The summed E-state index contributed by atoms with van der Waals surface area (Å²) in [6.45, 7) is 5.61. The molecule has 0 radical (unpaired) electrons. The highest BCUT2D eigenvalue weighted by atomic mass is 16.1. The molecule has 0 atom stereocenters. The second-order valence-electron chi connectivity index (χ2n) is 5.97. The Labute approximate surface area is 151 Å². The third kappa shape index (κ3) is 4.54. The highest BCUT2D eigenvalue weighted by Gasteiger charge is 2.04. The van der Waals surface area contributed by atoms with Gasteiger partial charge in [0.1, 0.15) is 0 Å². The van der Waals surface area contributed by atoms with Gasteiger partial charge in [-0.1, -0.05) is 6.07 Å². The number of hydrogen-bond donors (Lipinski definition) is 3. The average molecular weight is 348 g/mol. The Kier molecular flexibility index (Phi) is 5.07. The van der Waals surface area contributed by atoms with Crippen LogP contribution in [0, 0.1) is 13.8 Å². The molecule has 0 saturated heterocycles. The third-order valence-corrected chi connectivity index (χ3v) is 3.80. The van der Waals surface area contributed by atoms with Gasteiger partial charge in [0.2, 0.25) is 11.9 Å². The predicted octanol–water partition coefficient (Wildman–Crippen LogP) is 3.93. The van der Waals surface area contributed by atoms with Gasteiger partial charge in [0.25, 0.3) is 0 Å². The Morgan fingerprint density at radius 2 is 1.58 bits per heavy atom. The quantitative estimate of drug-likeness (QED) is 0.647. The lowest BCUT2D eigenvalue weighted by Crippen LogP contribution is -2.06. The predicted molar refractivity (Wildman–Crippen MR) is 103 cm³/mol. The Morgan fingerprint density at radius 3 is 2.27 bits per heavy atom. The van der Waals surface area contributed by atoms with E-state index >= 15 is 0 Å². The van der Waals surface area contributed by atoms with Gasteiger partial charge in [-0.3, -0.25) is 4.79 Å². The molecule has 0 aliphatic carbocycles. The summed E-state index contributed by atoms with van der Waals surface area (Å²) in [5, 5.41) is 17.0. The Bertz CT molecular complexity index is 924. The monoisotopic (exact) mass is 348 g/mol. The van der Waals surface area contributed by atoms with Crippen molar-refractivity contribution in [2.24, 2.45) is 0 Å². The number of hydrogen-bond acceptors (Lipinski definition) is 6. The lowest BCUT2D eigenvalue weighted by molar-refractivity contribution is -0.114. The molecule has 3 N–H and O–H groups in total. The minimum absolute atomic E-state index is 0.108. The van der Waals surface area contributed by atoms with Crippen molar-refractivity contribution in [3.63, 3.8) is 0 Å². The SMILES string of the molecule is CC(=O)Nc1ccc(Nc2nncc(Nc3ccc(C)c(C)c3)n2)cc1. The van der Waals surface area contributed by atoms with Gasteiger partial charge in [0.05, 0.1) is 6.20 Å². The summed E-state index contributed by atoms with van der Waals surface area (Å²) in [4.78, 5) is 15.5. The van der Waals surface area contributed by atoms with Gasteiger partial charge >= 0.3 is 0 Å². The van der Waals surface area contributed by atoms with E-state index in [0.29, 0.717) is 11.8 Å². The van der Waals surface area contributed by atoms with Crippen LogP contribution < -0.4 is 16.0 Å². The van der Waals surface area contributed by atoms with E-state index in [1.807, 2.05) is 18.2 Å². The molecule has 3 aromatic rings. The van der Waals surface area contributed by atoms with Crippen molar-refractivity contribution in [1.82, 2.24) is 15.2 Å². The van der Waals surface area contributed by atoms with Crippen molar-refractivity contribution in [3.05, 3.63) is 59.8 Å². The van der Waals surface area contributed by atoms with E-state index in [2.05, 4.69) is 57.1 Å². The largest absolute Gasteiger partial charge is 0.339 e. The Balaban J connectivity index is 1.70. The van der Waals surface area contributed by atoms with E-state index in [0.717, 1.165) is 17.1 Å². The van der Waals surface area contributed by atoms with Crippen LogP contribution in [0.3, 0.4) is 0 Å². The number of benzene rings is 2. The van der Waals surface area contributed by atoms with E-state index in [4.69, 9.17) is 0 Å². The average Bonchev–Trinajstić information content (AvgIpc) is 2.60. The highest BCUT2D eigenvalue weighted by molar-refractivity contribution is 5.88. The minimum atomic E-state index is -0.108. The fourth-order valence-corrected chi connectivity index (χ4v) is 2.35. The smallest absolute Gasteiger partial charge is 0.249 e. The molecule has 0 spiro atoms. The van der Waals surface area contributed by atoms with E-state index in [9.17, 15) is 4.79 Å². The summed E-state index contributed by atoms with van der Waals surface area (Å²) < 4.78 is 0. The van der Waals surface area contributed by atoms with Crippen LogP contribution in [0.5, 0.6) is 0 Å². The molecule has 1 aromatic heterocycles. The molecule has 1 heterocycles. The molecule has 0 fully saturated rings. The van der Waals surface area contributed by atoms with Crippen LogP contribution in [0.2, 0.25) is 0 Å².